The third-order valence-corrected chi connectivity index (χ3v) is 5.65. The van der Waals surface area contributed by atoms with Gasteiger partial charge < -0.3 is 10.2 Å². The van der Waals surface area contributed by atoms with Crippen LogP contribution >= 0.6 is 11.3 Å². The summed E-state index contributed by atoms with van der Waals surface area (Å²) in [5, 5.41) is 5.03. The fourth-order valence-corrected chi connectivity index (χ4v) is 3.87. The summed E-state index contributed by atoms with van der Waals surface area (Å²) in [4.78, 5) is 27.9. The van der Waals surface area contributed by atoms with Gasteiger partial charge >= 0.3 is 6.03 Å². The summed E-state index contributed by atoms with van der Waals surface area (Å²) in [7, 11) is 0. The molecule has 5 heteroatoms. The lowest BCUT2D eigenvalue weighted by Crippen LogP contribution is -2.45. The van der Waals surface area contributed by atoms with Crippen LogP contribution in [0.4, 0.5) is 4.79 Å². The first-order valence-electron chi connectivity index (χ1n) is 8.79. The highest BCUT2D eigenvalue weighted by Gasteiger charge is 2.27. The molecule has 25 heavy (non-hydrogen) atoms. The number of ketones is 1. The fraction of sp³-hybridized carbons (Fsp3) is 0.400. The van der Waals surface area contributed by atoms with Crippen LogP contribution < -0.4 is 5.32 Å². The van der Waals surface area contributed by atoms with Crippen molar-refractivity contribution >= 4 is 23.2 Å². The SMILES string of the molecule is Cc1ccc(C(=O)C2CCN(C(=O)NCCc3cccs3)CC2)cc1. The Labute approximate surface area is 152 Å². The zero-order chi connectivity index (χ0) is 17.6. The molecule has 3 rings (SSSR count). The molecule has 1 aromatic carbocycles. The molecule has 0 saturated carbocycles. The minimum Gasteiger partial charge on any atom is -0.338 e. The zero-order valence-corrected chi connectivity index (χ0v) is 15.3. The fourth-order valence-electron chi connectivity index (χ4n) is 3.16. The van der Waals surface area contributed by atoms with Crippen LogP contribution in [0.15, 0.2) is 41.8 Å². The van der Waals surface area contributed by atoms with E-state index in [1.54, 1.807) is 11.3 Å². The quantitative estimate of drug-likeness (QED) is 0.826. The van der Waals surface area contributed by atoms with E-state index in [1.807, 2.05) is 47.5 Å². The van der Waals surface area contributed by atoms with E-state index in [-0.39, 0.29) is 17.7 Å². The van der Waals surface area contributed by atoms with Crippen molar-refractivity contribution in [3.63, 3.8) is 0 Å². The maximum atomic E-state index is 12.6. The monoisotopic (exact) mass is 356 g/mol. The molecule has 132 valence electrons. The second kappa shape index (κ2) is 8.30. The average molecular weight is 356 g/mol. The third kappa shape index (κ3) is 4.69. The Kier molecular flexibility index (Phi) is 5.87. The maximum absolute atomic E-state index is 12.6. The van der Waals surface area contributed by atoms with Crippen molar-refractivity contribution < 1.29 is 9.59 Å². The lowest BCUT2D eigenvalue weighted by atomic mass is 9.89. The van der Waals surface area contributed by atoms with Crippen LogP contribution in [-0.2, 0) is 6.42 Å². The number of nitrogens with one attached hydrogen (secondary N) is 1. The predicted octanol–water partition coefficient (Wildman–Crippen LogP) is 3.90. The lowest BCUT2D eigenvalue weighted by Gasteiger charge is -2.31. The van der Waals surface area contributed by atoms with Gasteiger partial charge in [0.15, 0.2) is 5.78 Å². The molecule has 0 aliphatic carbocycles. The summed E-state index contributed by atoms with van der Waals surface area (Å²) in [6, 6.07) is 11.9. The van der Waals surface area contributed by atoms with E-state index in [1.165, 1.54) is 4.88 Å². The lowest BCUT2D eigenvalue weighted by molar-refractivity contribution is 0.0854. The van der Waals surface area contributed by atoms with Crippen molar-refractivity contribution in [2.75, 3.05) is 19.6 Å². The number of hydrogen-bond donors (Lipinski definition) is 1. The molecule has 0 radical (unpaired) electrons. The van der Waals surface area contributed by atoms with Gasteiger partial charge in [-0.15, -0.1) is 11.3 Å². The van der Waals surface area contributed by atoms with Crippen molar-refractivity contribution in [3.05, 3.63) is 57.8 Å². The van der Waals surface area contributed by atoms with Crippen LogP contribution in [0.1, 0.15) is 33.6 Å². The average Bonchev–Trinajstić information content (AvgIpc) is 3.15. The normalized spacial score (nSPS) is 15.2. The smallest absolute Gasteiger partial charge is 0.317 e. The first-order chi connectivity index (χ1) is 12.1. The number of Topliss-reactive ketones (excluding diaryl/α,β-unsaturated/α-hetero) is 1. The van der Waals surface area contributed by atoms with Gasteiger partial charge in [0.05, 0.1) is 0 Å². The van der Waals surface area contributed by atoms with Gasteiger partial charge in [0.2, 0.25) is 0 Å². The van der Waals surface area contributed by atoms with Crippen molar-refractivity contribution in [1.82, 2.24) is 10.2 Å². The Morgan fingerprint density at radius 2 is 1.88 bits per heavy atom. The molecule has 0 bridgehead atoms. The zero-order valence-electron chi connectivity index (χ0n) is 14.5. The van der Waals surface area contributed by atoms with E-state index >= 15 is 0 Å². The van der Waals surface area contributed by atoms with Crippen molar-refractivity contribution in [3.8, 4) is 0 Å². The highest BCUT2D eigenvalue weighted by Crippen LogP contribution is 2.22. The minimum absolute atomic E-state index is 0.0159. The van der Waals surface area contributed by atoms with Crippen LogP contribution in [0.5, 0.6) is 0 Å². The van der Waals surface area contributed by atoms with Crippen molar-refractivity contribution in [2.45, 2.75) is 26.2 Å². The van der Waals surface area contributed by atoms with Gasteiger partial charge in [-0.2, -0.15) is 0 Å². The molecular formula is C20H24N2O2S. The largest absolute Gasteiger partial charge is 0.338 e. The van der Waals surface area contributed by atoms with Gasteiger partial charge in [-0.05, 0) is 37.6 Å². The Morgan fingerprint density at radius 1 is 1.16 bits per heavy atom. The number of nitrogens with zero attached hydrogens (tertiary/aromatic N) is 1. The number of aryl methyl sites for hydroxylation is 1. The van der Waals surface area contributed by atoms with E-state index in [0.29, 0.717) is 19.6 Å². The number of carbonyl (C=O) groups excluding carboxylic acids is 2. The Bertz CT molecular complexity index is 702. The van der Waals surface area contributed by atoms with Crippen LogP contribution in [-0.4, -0.2) is 36.3 Å². The van der Waals surface area contributed by atoms with E-state index in [0.717, 1.165) is 30.4 Å². The summed E-state index contributed by atoms with van der Waals surface area (Å²) < 4.78 is 0. The van der Waals surface area contributed by atoms with Gasteiger partial charge in [0.1, 0.15) is 0 Å². The molecule has 1 aliphatic heterocycles. The van der Waals surface area contributed by atoms with Crippen LogP contribution in [0, 0.1) is 12.8 Å². The molecule has 1 saturated heterocycles. The predicted molar refractivity (Wildman–Crippen MR) is 101 cm³/mol. The first-order valence-corrected chi connectivity index (χ1v) is 9.67. The number of urea groups is 1. The van der Waals surface area contributed by atoms with E-state index in [4.69, 9.17) is 0 Å². The summed E-state index contributed by atoms with van der Waals surface area (Å²) in [6.45, 7) is 3.96. The molecule has 1 N–H and O–H groups in total. The maximum Gasteiger partial charge on any atom is 0.317 e. The van der Waals surface area contributed by atoms with Gasteiger partial charge in [-0.1, -0.05) is 35.9 Å². The Hall–Kier alpha value is -2.14. The molecule has 1 aromatic heterocycles. The van der Waals surface area contributed by atoms with Crippen molar-refractivity contribution in [1.29, 1.82) is 0 Å². The molecule has 1 fully saturated rings. The van der Waals surface area contributed by atoms with Gasteiger partial charge in [0, 0.05) is 36.0 Å². The van der Waals surface area contributed by atoms with E-state index < -0.39 is 0 Å². The number of amides is 2. The van der Waals surface area contributed by atoms with Crippen LogP contribution in [0.2, 0.25) is 0 Å². The van der Waals surface area contributed by atoms with E-state index in [9.17, 15) is 9.59 Å². The molecule has 4 nitrogen and oxygen atoms in total. The van der Waals surface area contributed by atoms with E-state index in [2.05, 4.69) is 11.4 Å². The molecular weight excluding hydrogens is 332 g/mol. The number of benzene rings is 1. The third-order valence-electron chi connectivity index (χ3n) is 4.72. The highest BCUT2D eigenvalue weighted by atomic mass is 32.1. The first kappa shape index (κ1) is 17.7. The summed E-state index contributed by atoms with van der Waals surface area (Å²) in [6.07, 6.45) is 2.35. The number of carbonyl (C=O) groups is 2. The molecule has 0 atom stereocenters. The second-order valence-corrected chi connectivity index (χ2v) is 7.59. The molecule has 2 aromatic rings. The Morgan fingerprint density at radius 3 is 2.52 bits per heavy atom. The number of hydrogen-bond acceptors (Lipinski definition) is 3. The van der Waals surface area contributed by atoms with Crippen molar-refractivity contribution in [2.24, 2.45) is 5.92 Å². The van der Waals surface area contributed by atoms with Gasteiger partial charge in [-0.25, -0.2) is 4.79 Å². The molecule has 1 aliphatic rings. The molecule has 0 spiro atoms. The van der Waals surface area contributed by atoms with Crippen LogP contribution in [0.25, 0.3) is 0 Å². The topological polar surface area (TPSA) is 49.4 Å². The standard InChI is InChI=1S/C20H24N2O2S/c1-15-4-6-16(7-5-15)19(23)17-9-12-22(13-10-17)20(24)21-11-8-18-3-2-14-25-18/h2-7,14,17H,8-13H2,1H3,(H,21,24). The number of rotatable bonds is 5. The van der Waals surface area contributed by atoms with Crippen LogP contribution in [0.3, 0.4) is 0 Å². The summed E-state index contributed by atoms with van der Waals surface area (Å²) in [5.41, 5.74) is 1.94. The number of likely N-dealkylation sites (tertiary alicyclic amines) is 1. The minimum atomic E-state index is -0.0159. The highest BCUT2D eigenvalue weighted by molar-refractivity contribution is 7.09. The number of thiophene rings is 1. The van der Waals surface area contributed by atoms with Gasteiger partial charge in [-0.3, -0.25) is 4.79 Å². The second-order valence-electron chi connectivity index (χ2n) is 6.55. The molecule has 2 amide bonds. The summed E-state index contributed by atoms with van der Waals surface area (Å²) >= 11 is 1.71. The van der Waals surface area contributed by atoms with Gasteiger partial charge in [0.25, 0.3) is 0 Å². The Balaban J connectivity index is 1.43. The molecule has 2 heterocycles. The molecule has 0 unspecified atom stereocenters. The number of piperidine rings is 1. The summed E-state index contributed by atoms with van der Waals surface area (Å²) in [5.74, 6) is 0.232.